The number of fused-ring (bicyclic) bond motifs is 3. The number of amides is 1. The van der Waals surface area contributed by atoms with E-state index in [9.17, 15) is 9.59 Å². The smallest absolute Gasteiger partial charge is 0.291 e. The van der Waals surface area contributed by atoms with E-state index in [0.717, 1.165) is 29.4 Å². The van der Waals surface area contributed by atoms with Gasteiger partial charge in [0.05, 0.1) is 6.20 Å². The molecule has 4 aromatic rings. The second-order valence-corrected chi connectivity index (χ2v) is 10.1. The topological polar surface area (TPSA) is 72.2 Å². The van der Waals surface area contributed by atoms with Gasteiger partial charge in [0, 0.05) is 42.0 Å². The molecule has 1 atom stereocenters. The van der Waals surface area contributed by atoms with E-state index >= 15 is 0 Å². The van der Waals surface area contributed by atoms with Crippen LogP contribution in [0.4, 0.5) is 0 Å². The van der Waals surface area contributed by atoms with Crippen LogP contribution in [0.5, 0.6) is 0 Å². The van der Waals surface area contributed by atoms with Crippen molar-refractivity contribution in [2.75, 3.05) is 19.6 Å². The fourth-order valence-electron chi connectivity index (χ4n) is 5.43. The molecule has 7 heteroatoms. The summed E-state index contributed by atoms with van der Waals surface area (Å²) in [6.07, 6.45) is 5.43. The number of aromatic nitrogens is 3. The Hall–Kier alpha value is -3.45. The molecule has 1 saturated heterocycles. The Bertz CT molecular complexity index is 1470. The van der Waals surface area contributed by atoms with Gasteiger partial charge in [-0.05, 0) is 57.4 Å². The molecule has 1 N–H and O–H groups in total. The minimum atomic E-state index is -0.242. The van der Waals surface area contributed by atoms with Crippen LogP contribution in [0, 0.1) is 13.8 Å². The highest BCUT2D eigenvalue weighted by molar-refractivity contribution is 6.07. The first kappa shape index (κ1) is 24.3. The van der Waals surface area contributed by atoms with Crippen molar-refractivity contribution in [2.24, 2.45) is 0 Å². The second kappa shape index (κ2) is 10.3. The average molecular weight is 486 g/mol. The van der Waals surface area contributed by atoms with E-state index < -0.39 is 0 Å². The Kier molecular flexibility index (Phi) is 6.92. The summed E-state index contributed by atoms with van der Waals surface area (Å²) in [6.45, 7) is 9.40. The summed E-state index contributed by atoms with van der Waals surface area (Å²) < 4.78 is 3.36. The molecule has 0 bridgehead atoms. The molecule has 7 nitrogen and oxygen atoms in total. The van der Waals surface area contributed by atoms with Gasteiger partial charge in [0.25, 0.3) is 5.56 Å². The van der Waals surface area contributed by atoms with Crippen LogP contribution >= 0.6 is 0 Å². The van der Waals surface area contributed by atoms with Crippen LogP contribution in [0.3, 0.4) is 0 Å². The van der Waals surface area contributed by atoms with Crippen LogP contribution in [0.1, 0.15) is 42.9 Å². The first-order valence-electron chi connectivity index (χ1n) is 13.0. The lowest BCUT2D eigenvalue weighted by atomic mass is 10.0. The van der Waals surface area contributed by atoms with Gasteiger partial charge in [0.1, 0.15) is 12.1 Å². The zero-order valence-electron chi connectivity index (χ0n) is 21.5. The molecule has 2 aromatic carbocycles. The van der Waals surface area contributed by atoms with Crippen molar-refractivity contribution in [2.45, 2.75) is 59.2 Å². The number of likely N-dealkylation sites (tertiary alicyclic amines) is 1. The van der Waals surface area contributed by atoms with E-state index in [-0.39, 0.29) is 18.0 Å². The van der Waals surface area contributed by atoms with Crippen LogP contribution in [-0.4, -0.2) is 50.8 Å². The van der Waals surface area contributed by atoms with Crippen molar-refractivity contribution >= 4 is 27.7 Å². The molecule has 1 aliphatic heterocycles. The monoisotopic (exact) mass is 485 g/mol. The number of nitrogens with zero attached hydrogens (tertiary/aromatic N) is 4. The zero-order chi connectivity index (χ0) is 25.2. The third-order valence-electron chi connectivity index (χ3n) is 7.56. The lowest BCUT2D eigenvalue weighted by Gasteiger charge is -2.33. The van der Waals surface area contributed by atoms with Crippen LogP contribution in [-0.2, 0) is 17.9 Å². The van der Waals surface area contributed by atoms with E-state index in [1.807, 2.05) is 24.3 Å². The number of hydrogen-bond donors (Lipinski definition) is 1. The molecule has 0 saturated carbocycles. The molecule has 2 aromatic heterocycles. The van der Waals surface area contributed by atoms with Gasteiger partial charge in [-0.25, -0.2) is 4.68 Å². The van der Waals surface area contributed by atoms with Crippen molar-refractivity contribution in [3.8, 4) is 0 Å². The van der Waals surface area contributed by atoms with E-state index in [2.05, 4.69) is 58.9 Å². The van der Waals surface area contributed by atoms with Crippen molar-refractivity contribution < 1.29 is 4.79 Å². The number of carbonyl (C=O) groups is 1. The summed E-state index contributed by atoms with van der Waals surface area (Å²) in [7, 11) is 0. The van der Waals surface area contributed by atoms with Crippen molar-refractivity contribution in [1.29, 1.82) is 0 Å². The van der Waals surface area contributed by atoms with E-state index in [0.29, 0.717) is 24.6 Å². The zero-order valence-corrected chi connectivity index (χ0v) is 21.5. The lowest BCUT2D eigenvalue weighted by molar-refractivity contribution is -0.122. The summed E-state index contributed by atoms with van der Waals surface area (Å²) in [4.78, 5) is 28.8. The number of rotatable bonds is 7. The normalized spacial score (nSPS) is 16.6. The van der Waals surface area contributed by atoms with Gasteiger partial charge < -0.3 is 9.88 Å². The van der Waals surface area contributed by atoms with Gasteiger partial charge in [-0.15, -0.1) is 0 Å². The highest BCUT2D eigenvalue weighted by atomic mass is 16.2. The maximum Gasteiger partial charge on any atom is 0.291 e. The van der Waals surface area contributed by atoms with Gasteiger partial charge >= 0.3 is 0 Å². The summed E-state index contributed by atoms with van der Waals surface area (Å²) in [5.41, 5.74) is 4.88. The second-order valence-electron chi connectivity index (χ2n) is 10.1. The summed E-state index contributed by atoms with van der Waals surface area (Å²) in [5, 5.41) is 9.17. The number of nitrogens with one attached hydrogen (secondary N) is 1. The quantitative estimate of drug-likeness (QED) is 0.429. The molecule has 1 fully saturated rings. The molecule has 5 rings (SSSR count). The van der Waals surface area contributed by atoms with E-state index in [1.165, 1.54) is 40.6 Å². The molecular weight excluding hydrogens is 450 g/mol. The lowest BCUT2D eigenvalue weighted by Crippen LogP contribution is -2.43. The standard InChI is InChI=1S/C29H35N5O2/c1-20-11-12-21(2)23(16-20)18-33-26-10-5-4-9-24(26)25-17-31-34(29(36)28(25)33)19-27(35)30-13-15-32-14-7-6-8-22(32)3/h4-5,9-12,16-17,22H,6-8,13-15,18-19H2,1-3H3,(H,30,35)/t22-/m1/s1. The van der Waals surface area contributed by atoms with Crippen LogP contribution < -0.4 is 10.9 Å². The third-order valence-corrected chi connectivity index (χ3v) is 7.56. The molecule has 188 valence electrons. The molecular formula is C29H35N5O2. The largest absolute Gasteiger partial charge is 0.353 e. The van der Waals surface area contributed by atoms with Gasteiger partial charge in [0.15, 0.2) is 0 Å². The molecule has 1 amide bonds. The molecule has 1 aliphatic rings. The summed E-state index contributed by atoms with van der Waals surface area (Å²) in [5.74, 6) is -0.189. The third kappa shape index (κ3) is 4.80. The number of aryl methyl sites for hydroxylation is 2. The maximum atomic E-state index is 13.7. The number of hydrogen-bond acceptors (Lipinski definition) is 4. The van der Waals surface area contributed by atoms with Crippen LogP contribution in [0.2, 0.25) is 0 Å². The Labute approximate surface area is 211 Å². The van der Waals surface area contributed by atoms with Gasteiger partial charge in [-0.3, -0.25) is 14.5 Å². The number of carbonyl (C=O) groups excluding carboxylic acids is 1. The van der Waals surface area contributed by atoms with Crippen LogP contribution in [0.25, 0.3) is 21.8 Å². The minimum absolute atomic E-state index is 0.0880. The average Bonchev–Trinajstić information content (AvgIpc) is 3.18. The fraction of sp³-hybridized carbons (Fsp3) is 0.414. The van der Waals surface area contributed by atoms with Gasteiger partial charge in [-0.2, -0.15) is 5.10 Å². The Morgan fingerprint density at radius 1 is 1.11 bits per heavy atom. The Morgan fingerprint density at radius 3 is 2.78 bits per heavy atom. The van der Waals surface area contributed by atoms with E-state index in [1.54, 1.807) is 6.20 Å². The van der Waals surface area contributed by atoms with Crippen molar-refractivity contribution in [1.82, 2.24) is 24.6 Å². The van der Waals surface area contributed by atoms with Gasteiger partial charge in [-0.1, -0.05) is 48.4 Å². The highest BCUT2D eigenvalue weighted by Crippen LogP contribution is 2.28. The van der Waals surface area contributed by atoms with Gasteiger partial charge in [0.2, 0.25) is 5.91 Å². The molecule has 0 spiro atoms. The predicted octanol–water partition coefficient (Wildman–Crippen LogP) is 4.01. The molecule has 0 unspecified atom stereocenters. The van der Waals surface area contributed by atoms with Crippen molar-refractivity contribution in [3.63, 3.8) is 0 Å². The summed E-state index contributed by atoms with van der Waals surface area (Å²) in [6, 6.07) is 15.0. The molecule has 0 aliphatic carbocycles. The fourth-order valence-corrected chi connectivity index (χ4v) is 5.43. The maximum absolute atomic E-state index is 13.7. The number of piperidine rings is 1. The number of para-hydroxylation sites is 1. The molecule has 3 heterocycles. The minimum Gasteiger partial charge on any atom is -0.353 e. The summed E-state index contributed by atoms with van der Waals surface area (Å²) >= 11 is 0. The molecule has 0 radical (unpaired) electrons. The first-order chi connectivity index (χ1) is 17.4. The number of benzene rings is 2. The van der Waals surface area contributed by atoms with Crippen LogP contribution in [0.15, 0.2) is 53.5 Å². The van der Waals surface area contributed by atoms with Crippen molar-refractivity contribution in [3.05, 3.63) is 75.7 Å². The molecule has 36 heavy (non-hydrogen) atoms. The predicted molar refractivity (Wildman–Crippen MR) is 144 cm³/mol. The Balaban J connectivity index is 1.42. The van der Waals surface area contributed by atoms with E-state index in [4.69, 9.17) is 0 Å². The SMILES string of the molecule is Cc1ccc(C)c(Cn2c3ccccc3c3cnn(CC(=O)NCCN4CCCC[C@H]4C)c(=O)c32)c1. The Morgan fingerprint density at radius 2 is 1.94 bits per heavy atom. The first-order valence-corrected chi connectivity index (χ1v) is 13.0. The highest BCUT2D eigenvalue weighted by Gasteiger charge is 2.19.